The van der Waals surface area contributed by atoms with Gasteiger partial charge in [0.1, 0.15) is 5.75 Å². The molecule has 4 nitrogen and oxygen atoms in total. The van der Waals surface area contributed by atoms with Crippen molar-refractivity contribution in [2.75, 3.05) is 11.5 Å². The van der Waals surface area contributed by atoms with E-state index in [4.69, 9.17) is 5.11 Å². The highest BCUT2D eigenvalue weighted by molar-refractivity contribution is 7.92. The van der Waals surface area contributed by atoms with Gasteiger partial charge in [-0.1, -0.05) is 12.8 Å². The molecule has 0 aliphatic heterocycles. The smallest absolute Gasteiger partial charge is 0.318 e. The first-order valence-corrected chi connectivity index (χ1v) is 5.74. The largest absolute Gasteiger partial charge is 0.480 e. The number of hydrogen-bond donors (Lipinski definition) is 1. The van der Waals surface area contributed by atoms with E-state index in [1.165, 1.54) is 0 Å². The first kappa shape index (κ1) is 9.51. The van der Waals surface area contributed by atoms with Gasteiger partial charge in [0.2, 0.25) is 0 Å². The minimum absolute atomic E-state index is 0.0317. The Labute approximate surface area is 71.5 Å². The summed E-state index contributed by atoms with van der Waals surface area (Å²) in [6.45, 7) is 0. The van der Waals surface area contributed by atoms with Crippen molar-refractivity contribution in [1.29, 1.82) is 0 Å². The molecule has 0 spiro atoms. The zero-order chi connectivity index (χ0) is 9.19. The molecule has 1 N–H and O–H groups in total. The average Bonchev–Trinajstić information content (AvgIpc) is 2.62. The van der Waals surface area contributed by atoms with Crippen LogP contribution in [0.3, 0.4) is 0 Å². The Bertz CT molecular complexity index is 263. The quantitative estimate of drug-likeness (QED) is 0.679. The Morgan fingerprint density at radius 2 is 2.00 bits per heavy atom. The van der Waals surface area contributed by atoms with Crippen LogP contribution in [0.25, 0.3) is 0 Å². The Balaban J connectivity index is 2.31. The summed E-state index contributed by atoms with van der Waals surface area (Å²) >= 11 is 0. The van der Waals surface area contributed by atoms with Gasteiger partial charge in [-0.15, -0.1) is 0 Å². The van der Waals surface area contributed by atoms with Crippen molar-refractivity contribution >= 4 is 15.8 Å². The fourth-order valence-corrected chi connectivity index (χ4v) is 2.23. The van der Waals surface area contributed by atoms with Crippen LogP contribution >= 0.6 is 0 Å². The number of carboxylic acid groups (broad SMARTS) is 1. The van der Waals surface area contributed by atoms with Crippen molar-refractivity contribution in [3.63, 3.8) is 0 Å². The van der Waals surface area contributed by atoms with Crippen LogP contribution in [0.2, 0.25) is 0 Å². The maximum Gasteiger partial charge on any atom is 0.318 e. The molecule has 12 heavy (non-hydrogen) atoms. The lowest BCUT2D eigenvalue weighted by Crippen LogP contribution is -2.18. The molecule has 1 rings (SSSR count). The van der Waals surface area contributed by atoms with Crippen LogP contribution in [-0.4, -0.2) is 31.0 Å². The first-order chi connectivity index (χ1) is 5.49. The molecule has 0 aromatic carbocycles. The van der Waals surface area contributed by atoms with Crippen molar-refractivity contribution in [3.05, 3.63) is 0 Å². The summed E-state index contributed by atoms with van der Waals surface area (Å²) in [5.74, 6) is -1.41. The van der Waals surface area contributed by atoms with Crippen molar-refractivity contribution < 1.29 is 18.3 Å². The highest BCUT2D eigenvalue weighted by atomic mass is 32.2. The summed E-state index contributed by atoms with van der Waals surface area (Å²) < 4.78 is 22.0. The molecule has 0 saturated heterocycles. The minimum atomic E-state index is -3.34. The van der Waals surface area contributed by atoms with Crippen LogP contribution in [0, 0.1) is 5.92 Å². The molecule has 0 bridgehead atoms. The standard InChI is InChI=1S/C7H12O4S/c8-7(9)5-12(10,11)4-3-6-1-2-6/h6H,1-5H2,(H,8,9). The predicted octanol–water partition coefficient (Wildman–Crippen LogP) is 0.286. The SMILES string of the molecule is O=C(O)CS(=O)(=O)CCC1CC1. The molecule has 0 radical (unpaired) electrons. The number of carboxylic acids is 1. The van der Waals surface area contributed by atoms with Crippen LogP contribution in [-0.2, 0) is 14.6 Å². The van der Waals surface area contributed by atoms with Gasteiger partial charge in [0.05, 0.1) is 5.75 Å². The van der Waals surface area contributed by atoms with E-state index in [0.29, 0.717) is 12.3 Å². The molecular formula is C7H12O4S. The summed E-state index contributed by atoms with van der Waals surface area (Å²) in [7, 11) is -3.34. The monoisotopic (exact) mass is 192 g/mol. The van der Waals surface area contributed by atoms with Gasteiger partial charge in [-0.2, -0.15) is 0 Å². The van der Waals surface area contributed by atoms with Crippen molar-refractivity contribution in [1.82, 2.24) is 0 Å². The van der Waals surface area contributed by atoms with E-state index < -0.39 is 21.6 Å². The van der Waals surface area contributed by atoms with Crippen LogP contribution in [0.15, 0.2) is 0 Å². The van der Waals surface area contributed by atoms with Gasteiger partial charge in [-0.25, -0.2) is 8.42 Å². The maximum atomic E-state index is 11.0. The Hall–Kier alpha value is -0.580. The van der Waals surface area contributed by atoms with E-state index in [0.717, 1.165) is 12.8 Å². The second kappa shape index (κ2) is 3.43. The zero-order valence-corrected chi connectivity index (χ0v) is 7.51. The Kier molecular flexibility index (Phi) is 2.72. The van der Waals surface area contributed by atoms with Crippen LogP contribution < -0.4 is 0 Å². The third-order valence-corrected chi connectivity index (χ3v) is 3.42. The number of carbonyl (C=O) groups is 1. The van der Waals surface area contributed by atoms with Gasteiger partial charge in [0.15, 0.2) is 9.84 Å². The molecule has 0 aromatic heterocycles. The van der Waals surface area contributed by atoms with Crippen molar-refractivity contribution in [3.8, 4) is 0 Å². The highest BCUT2D eigenvalue weighted by Crippen LogP contribution is 2.32. The van der Waals surface area contributed by atoms with Crippen molar-refractivity contribution in [2.45, 2.75) is 19.3 Å². The molecular weight excluding hydrogens is 180 g/mol. The van der Waals surface area contributed by atoms with E-state index in [1.54, 1.807) is 0 Å². The summed E-state index contributed by atoms with van der Waals surface area (Å²) in [6, 6.07) is 0. The highest BCUT2D eigenvalue weighted by Gasteiger charge is 2.24. The van der Waals surface area contributed by atoms with Crippen molar-refractivity contribution in [2.24, 2.45) is 5.92 Å². The lowest BCUT2D eigenvalue weighted by molar-refractivity contribution is -0.134. The second-order valence-electron chi connectivity index (χ2n) is 3.22. The Morgan fingerprint density at radius 3 is 2.42 bits per heavy atom. The lowest BCUT2D eigenvalue weighted by Gasteiger charge is -1.98. The van der Waals surface area contributed by atoms with Gasteiger partial charge in [-0.3, -0.25) is 4.79 Å². The molecule has 1 aliphatic rings. The molecule has 0 atom stereocenters. The minimum Gasteiger partial charge on any atom is -0.480 e. The zero-order valence-electron chi connectivity index (χ0n) is 6.69. The van der Waals surface area contributed by atoms with E-state index >= 15 is 0 Å². The molecule has 0 aromatic rings. The molecule has 1 fully saturated rings. The van der Waals surface area contributed by atoms with E-state index in [2.05, 4.69) is 0 Å². The van der Waals surface area contributed by atoms with Crippen LogP contribution in [0.4, 0.5) is 0 Å². The predicted molar refractivity (Wildman–Crippen MR) is 43.6 cm³/mol. The number of aliphatic carboxylic acids is 1. The third kappa shape index (κ3) is 3.71. The summed E-state index contributed by atoms with van der Waals surface area (Å²) in [5, 5.41) is 8.25. The van der Waals surface area contributed by atoms with Crippen LogP contribution in [0.1, 0.15) is 19.3 Å². The molecule has 70 valence electrons. The maximum absolute atomic E-state index is 11.0. The van der Waals surface area contributed by atoms with Gasteiger partial charge < -0.3 is 5.11 Å². The summed E-state index contributed by atoms with van der Waals surface area (Å²) in [5.41, 5.74) is 0. The van der Waals surface area contributed by atoms with Gasteiger partial charge in [0.25, 0.3) is 0 Å². The molecule has 0 unspecified atom stereocenters. The van der Waals surface area contributed by atoms with Crippen LogP contribution in [0.5, 0.6) is 0 Å². The molecule has 1 saturated carbocycles. The summed E-state index contributed by atoms with van der Waals surface area (Å²) in [6.07, 6.45) is 2.83. The Morgan fingerprint density at radius 1 is 1.42 bits per heavy atom. The fourth-order valence-electron chi connectivity index (χ4n) is 1.01. The van der Waals surface area contributed by atoms with Gasteiger partial charge in [-0.05, 0) is 12.3 Å². The van der Waals surface area contributed by atoms with Gasteiger partial charge in [0, 0.05) is 0 Å². The second-order valence-corrected chi connectivity index (χ2v) is 5.40. The molecule has 0 heterocycles. The molecule has 0 amide bonds. The van der Waals surface area contributed by atoms with E-state index in [9.17, 15) is 13.2 Å². The van der Waals surface area contributed by atoms with E-state index in [1.807, 2.05) is 0 Å². The molecule has 5 heteroatoms. The average molecular weight is 192 g/mol. The first-order valence-electron chi connectivity index (χ1n) is 3.92. The fraction of sp³-hybridized carbons (Fsp3) is 0.857. The lowest BCUT2D eigenvalue weighted by atomic mass is 10.3. The number of sulfone groups is 1. The topological polar surface area (TPSA) is 71.4 Å². The summed E-state index contributed by atoms with van der Waals surface area (Å²) in [4.78, 5) is 10.1. The molecule has 1 aliphatic carbocycles. The number of hydrogen-bond acceptors (Lipinski definition) is 3. The third-order valence-electron chi connectivity index (χ3n) is 1.88. The normalized spacial score (nSPS) is 17.7. The van der Waals surface area contributed by atoms with E-state index in [-0.39, 0.29) is 5.75 Å². The number of rotatable bonds is 5. The van der Waals surface area contributed by atoms with Gasteiger partial charge >= 0.3 is 5.97 Å².